The molecule has 5 heteroatoms. The van der Waals surface area contributed by atoms with Crippen LogP contribution in [0.2, 0.25) is 0 Å². The molecular formula is C19H22ClN3O. The highest BCUT2D eigenvalue weighted by Crippen LogP contribution is 2.39. The van der Waals surface area contributed by atoms with E-state index in [1.807, 2.05) is 42.4 Å². The van der Waals surface area contributed by atoms with Gasteiger partial charge in [0.1, 0.15) is 5.54 Å². The summed E-state index contributed by atoms with van der Waals surface area (Å²) in [7, 11) is 1.89. The molecule has 2 aliphatic heterocycles. The molecule has 0 saturated carbocycles. The minimum absolute atomic E-state index is 0. The molecule has 3 heterocycles. The van der Waals surface area contributed by atoms with Crippen LogP contribution in [-0.4, -0.2) is 34.9 Å². The lowest BCUT2D eigenvalue weighted by Crippen LogP contribution is -2.47. The van der Waals surface area contributed by atoms with Crippen molar-refractivity contribution in [1.29, 1.82) is 0 Å². The van der Waals surface area contributed by atoms with Crippen molar-refractivity contribution in [2.24, 2.45) is 0 Å². The Morgan fingerprint density at radius 2 is 1.96 bits per heavy atom. The van der Waals surface area contributed by atoms with Crippen molar-refractivity contribution in [1.82, 2.24) is 15.2 Å². The average molecular weight is 344 g/mol. The second kappa shape index (κ2) is 6.54. The number of amides is 1. The Bertz CT molecular complexity index is 736. The molecule has 4 rings (SSSR count). The monoisotopic (exact) mass is 343 g/mol. The summed E-state index contributed by atoms with van der Waals surface area (Å²) in [6, 6.07) is 14.7. The van der Waals surface area contributed by atoms with Gasteiger partial charge < -0.3 is 4.90 Å². The lowest BCUT2D eigenvalue weighted by molar-refractivity contribution is -0.131. The maximum atomic E-state index is 12.4. The van der Waals surface area contributed by atoms with Crippen molar-refractivity contribution < 1.29 is 4.79 Å². The fourth-order valence-electron chi connectivity index (χ4n) is 3.84. The van der Waals surface area contributed by atoms with Crippen LogP contribution in [0.15, 0.2) is 48.7 Å². The lowest BCUT2D eigenvalue weighted by atomic mass is 9.96. The smallest absolute Gasteiger partial charge is 0.242 e. The van der Waals surface area contributed by atoms with E-state index in [1.165, 1.54) is 11.1 Å². The van der Waals surface area contributed by atoms with Crippen molar-refractivity contribution >= 4 is 18.3 Å². The van der Waals surface area contributed by atoms with Gasteiger partial charge in [-0.2, -0.15) is 0 Å². The van der Waals surface area contributed by atoms with Gasteiger partial charge in [-0.1, -0.05) is 30.3 Å². The van der Waals surface area contributed by atoms with Crippen molar-refractivity contribution in [3.05, 3.63) is 54.4 Å². The van der Waals surface area contributed by atoms with E-state index in [2.05, 4.69) is 28.5 Å². The van der Waals surface area contributed by atoms with Gasteiger partial charge in [0, 0.05) is 19.8 Å². The summed E-state index contributed by atoms with van der Waals surface area (Å²) >= 11 is 0. The number of hydrogen-bond donors (Lipinski definition) is 1. The van der Waals surface area contributed by atoms with Gasteiger partial charge in [0.05, 0.1) is 11.7 Å². The second-order valence-corrected chi connectivity index (χ2v) is 6.63. The van der Waals surface area contributed by atoms with Crippen LogP contribution in [0.1, 0.15) is 31.0 Å². The Morgan fingerprint density at radius 1 is 1.17 bits per heavy atom. The third-order valence-corrected chi connectivity index (χ3v) is 5.19. The molecule has 1 N–H and O–H groups in total. The van der Waals surface area contributed by atoms with Crippen LogP contribution < -0.4 is 5.32 Å². The number of nitrogens with zero attached hydrogens (tertiary/aromatic N) is 2. The van der Waals surface area contributed by atoms with Gasteiger partial charge in [0.25, 0.3) is 0 Å². The molecule has 0 bridgehead atoms. The molecule has 24 heavy (non-hydrogen) atoms. The summed E-state index contributed by atoms with van der Waals surface area (Å²) in [5.74, 6) is 0.235. The number of likely N-dealkylation sites (N-methyl/N-ethyl adjacent to an activating group) is 1. The van der Waals surface area contributed by atoms with E-state index in [9.17, 15) is 4.79 Å². The van der Waals surface area contributed by atoms with E-state index in [0.29, 0.717) is 0 Å². The Kier molecular flexibility index (Phi) is 4.61. The zero-order valence-electron chi connectivity index (χ0n) is 13.7. The number of likely N-dealkylation sites (tertiary alicyclic amines) is 1. The number of benzene rings is 1. The molecule has 1 spiro atoms. The number of pyridine rings is 1. The van der Waals surface area contributed by atoms with Gasteiger partial charge in [-0.3, -0.25) is 15.1 Å². The highest BCUT2D eigenvalue weighted by Gasteiger charge is 2.50. The molecule has 0 unspecified atom stereocenters. The lowest BCUT2D eigenvalue weighted by Gasteiger charge is -2.23. The van der Waals surface area contributed by atoms with E-state index in [-0.39, 0.29) is 29.9 Å². The Morgan fingerprint density at radius 3 is 2.67 bits per heavy atom. The van der Waals surface area contributed by atoms with E-state index >= 15 is 0 Å². The normalized spacial score (nSPS) is 26.0. The Balaban J connectivity index is 0.00000169. The molecule has 2 atom stereocenters. The summed E-state index contributed by atoms with van der Waals surface area (Å²) in [6.07, 6.45) is 4.63. The molecule has 2 aromatic rings. The Labute approximate surface area is 148 Å². The Hall–Kier alpha value is -1.91. The standard InChI is InChI=1S/C19H21N3O.ClH/c1-22-12-10-19(18(22)23)9-7-16(21-19)17-13-15(8-11-20-17)14-5-3-2-4-6-14;/h2-6,8,11,13,16,21H,7,9-10,12H2,1H3;1H/t16-,19+;/m1./s1. The van der Waals surface area contributed by atoms with Gasteiger partial charge in [-0.15, -0.1) is 12.4 Å². The van der Waals surface area contributed by atoms with E-state index in [0.717, 1.165) is 31.5 Å². The minimum atomic E-state index is -0.357. The zero-order valence-corrected chi connectivity index (χ0v) is 14.6. The molecule has 0 aliphatic carbocycles. The molecule has 4 nitrogen and oxygen atoms in total. The van der Waals surface area contributed by atoms with Crippen LogP contribution in [0.5, 0.6) is 0 Å². The molecule has 1 aromatic carbocycles. The van der Waals surface area contributed by atoms with Crippen LogP contribution in [0, 0.1) is 0 Å². The van der Waals surface area contributed by atoms with Gasteiger partial charge >= 0.3 is 0 Å². The number of halogens is 1. The van der Waals surface area contributed by atoms with E-state index in [4.69, 9.17) is 0 Å². The maximum absolute atomic E-state index is 12.4. The first-order chi connectivity index (χ1) is 11.2. The third kappa shape index (κ3) is 2.80. The number of nitrogens with one attached hydrogen (secondary N) is 1. The summed E-state index contributed by atoms with van der Waals surface area (Å²) in [5, 5.41) is 3.59. The van der Waals surface area contributed by atoms with Crippen molar-refractivity contribution in [2.75, 3.05) is 13.6 Å². The van der Waals surface area contributed by atoms with Crippen LogP contribution >= 0.6 is 12.4 Å². The fourth-order valence-corrected chi connectivity index (χ4v) is 3.84. The molecule has 1 aromatic heterocycles. The van der Waals surface area contributed by atoms with Crippen LogP contribution in [0.25, 0.3) is 11.1 Å². The van der Waals surface area contributed by atoms with Gasteiger partial charge in [0.15, 0.2) is 0 Å². The number of carbonyl (C=O) groups is 1. The average Bonchev–Trinajstić information content (AvgIpc) is 3.16. The van der Waals surface area contributed by atoms with Crippen molar-refractivity contribution in [3.63, 3.8) is 0 Å². The fraction of sp³-hybridized carbons (Fsp3) is 0.368. The van der Waals surface area contributed by atoms with Gasteiger partial charge in [0.2, 0.25) is 5.91 Å². The van der Waals surface area contributed by atoms with Gasteiger partial charge in [-0.05, 0) is 42.5 Å². The topological polar surface area (TPSA) is 45.2 Å². The predicted octanol–water partition coefficient (Wildman–Crippen LogP) is 3.20. The first-order valence-corrected chi connectivity index (χ1v) is 8.23. The van der Waals surface area contributed by atoms with Gasteiger partial charge in [-0.25, -0.2) is 0 Å². The predicted molar refractivity (Wildman–Crippen MR) is 97.0 cm³/mol. The first kappa shape index (κ1) is 16.9. The van der Waals surface area contributed by atoms with Crippen molar-refractivity contribution in [2.45, 2.75) is 30.8 Å². The van der Waals surface area contributed by atoms with Crippen LogP contribution in [0.4, 0.5) is 0 Å². The summed E-state index contributed by atoms with van der Waals surface area (Å²) in [4.78, 5) is 18.8. The molecule has 2 aliphatic rings. The molecule has 2 fully saturated rings. The highest BCUT2D eigenvalue weighted by molar-refractivity contribution is 5.88. The molecule has 126 valence electrons. The molecule has 2 saturated heterocycles. The van der Waals surface area contributed by atoms with E-state index < -0.39 is 0 Å². The summed E-state index contributed by atoms with van der Waals surface area (Å²) in [6.45, 7) is 0.843. The quantitative estimate of drug-likeness (QED) is 0.910. The number of hydrogen-bond acceptors (Lipinski definition) is 3. The first-order valence-electron chi connectivity index (χ1n) is 8.23. The molecule has 0 radical (unpaired) electrons. The van der Waals surface area contributed by atoms with Crippen LogP contribution in [0.3, 0.4) is 0 Å². The summed E-state index contributed by atoms with van der Waals surface area (Å²) in [5.41, 5.74) is 3.04. The molecule has 1 amide bonds. The third-order valence-electron chi connectivity index (χ3n) is 5.19. The SMILES string of the molecule is CN1CC[C@@]2(CC[C@H](c3cc(-c4ccccc4)ccn3)N2)C1=O.Cl. The maximum Gasteiger partial charge on any atom is 0.242 e. The zero-order chi connectivity index (χ0) is 15.9. The minimum Gasteiger partial charge on any atom is -0.344 e. The van der Waals surface area contributed by atoms with Crippen molar-refractivity contribution in [3.8, 4) is 11.1 Å². The summed E-state index contributed by atoms with van der Waals surface area (Å²) < 4.78 is 0. The van der Waals surface area contributed by atoms with Crippen LogP contribution in [-0.2, 0) is 4.79 Å². The number of aromatic nitrogens is 1. The largest absolute Gasteiger partial charge is 0.344 e. The number of carbonyl (C=O) groups excluding carboxylic acids is 1. The number of rotatable bonds is 2. The second-order valence-electron chi connectivity index (χ2n) is 6.63. The molecular weight excluding hydrogens is 322 g/mol. The highest BCUT2D eigenvalue weighted by atomic mass is 35.5. The van der Waals surface area contributed by atoms with E-state index in [1.54, 1.807) is 0 Å².